The maximum absolute atomic E-state index is 12.6. The number of aromatic nitrogens is 1. The van der Waals surface area contributed by atoms with E-state index in [0.717, 1.165) is 23.2 Å². The van der Waals surface area contributed by atoms with E-state index in [2.05, 4.69) is 14.6 Å². The van der Waals surface area contributed by atoms with Crippen molar-refractivity contribution in [2.24, 2.45) is 0 Å². The number of ether oxygens (including phenoxy) is 1. The molecule has 2 N–H and O–H groups in total. The number of anilines is 2. The van der Waals surface area contributed by atoms with E-state index < -0.39 is 22.2 Å². The van der Waals surface area contributed by atoms with Crippen molar-refractivity contribution in [2.75, 3.05) is 42.5 Å². The molecule has 0 spiro atoms. The van der Waals surface area contributed by atoms with Gasteiger partial charge >= 0.3 is 16.2 Å². The molecule has 10 heteroatoms. The van der Waals surface area contributed by atoms with E-state index in [-0.39, 0.29) is 6.54 Å². The van der Waals surface area contributed by atoms with Crippen LogP contribution in [0.1, 0.15) is 19.3 Å². The lowest BCUT2D eigenvalue weighted by molar-refractivity contribution is -0.142. The minimum Gasteiger partial charge on any atom is -0.480 e. The fourth-order valence-electron chi connectivity index (χ4n) is 3.07. The lowest BCUT2D eigenvalue weighted by Gasteiger charge is -2.32. The first-order valence-electron chi connectivity index (χ1n) is 8.28. The highest BCUT2D eigenvalue weighted by molar-refractivity contribution is 7.90. The zero-order valence-corrected chi connectivity index (χ0v) is 14.6. The summed E-state index contributed by atoms with van der Waals surface area (Å²) in [5, 5.41) is 9.26. The predicted molar refractivity (Wildman–Crippen MR) is 91.8 cm³/mol. The lowest BCUT2D eigenvalue weighted by atomic mass is 10.1. The van der Waals surface area contributed by atoms with E-state index in [9.17, 15) is 18.3 Å². The van der Waals surface area contributed by atoms with Crippen LogP contribution in [0.15, 0.2) is 18.3 Å². The fourth-order valence-corrected chi connectivity index (χ4v) is 4.51. The van der Waals surface area contributed by atoms with Gasteiger partial charge in [-0.25, -0.2) is 4.98 Å². The van der Waals surface area contributed by atoms with E-state index in [1.54, 1.807) is 12.1 Å². The normalized spacial score (nSPS) is 22.6. The Balaban J connectivity index is 1.70. The molecule has 1 aromatic heterocycles. The summed E-state index contributed by atoms with van der Waals surface area (Å²) in [6.45, 7) is 2.97. The van der Waals surface area contributed by atoms with Crippen LogP contribution < -0.4 is 9.62 Å². The average molecular weight is 370 g/mol. The van der Waals surface area contributed by atoms with Gasteiger partial charge in [-0.15, -0.1) is 0 Å². The van der Waals surface area contributed by atoms with Crippen molar-refractivity contribution in [3.05, 3.63) is 18.3 Å². The number of nitrogens with zero attached hydrogens (tertiary/aromatic N) is 3. The van der Waals surface area contributed by atoms with Gasteiger partial charge in [0.2, 0.25) is 0 Å². The van der Waals surface area contributed by atoms with E-state index in [4.69, 9.17) is 4.74 Å². The van der Waals surface area contributed by atoms with Gasteiger partial charge in [0, 0.05) is 19.6 Å². The molecule has 1 atom stereocenters. The summed E-state index contributed by atoms with van der Waals surface area (Å²) in [4.78, 5) is 17.7. The molecule has 0 amide bonds. The van der Waals surface area contributed by atoms with Crippen LogP contribution in [-0.2, 0) is 19.7 Å². The van der Waals surface area contributed by atoms with E-state index in [0.29, 0.717) is 38.2 Å². The van der Waals surface area contributed by atoms with Crippen molar-refractivity contribution >= 4 is 27.7 Å². The zero-order valence-electron chi connectivity index (χ0n) is 13.8. The quantitative estimate of drug-likeness (QED) is 0.777. The number of nitrogens with one attached hydrogen (secondary N) is 1. The highest BCUT2D eigenvalue weighted by Crippen LogP contribution is 2.23. The second-order valence-electron chi connectivity index (χ2n) is 6.07. The summed E-state index contributed by atoms with van der Waals surface area (Å²) in [6.07, 6.45) is 3.13. The predicted octanol–water partition coefficient (Wildman–Crippen LogP) is 0.514. The summed E-state index contributed by atoms with van der Waals surface area (Å²) >= 11 is 0. The third kappa shape index (κ3) is 4.20. The first-order valence-corrected chi connectivity index (χ1v) is 9.72. The Labute approximate surface area is 146 Å². The third-order valence-electron chi connectivity index (χ3n) is 4.38. The molecule has 1 aromatic rings. The first kappa shape index (κ1) is 17.9. The molecule has 2 saturated heterocycles. The molecule has 0 unspecified atom stereocenters. The van der Waals surface area contributed by atoms with Crippen molar-refractivity contribution in [1.29, 1.82) is 0 Å². The number of morpholine rings is 1. The summed E-state index contributed by atoms with van der Waals surface area (Å²) in [5.74, 6) is -0.363. The molecule has 0 aliphatic carbocycles. The standard InChI is InChI=1S/C15H22N4O5S/c20-15(21)13-3-1-2-6-19(13)25(22,23)17-12-4-5-14(16-11-12)18-7-9-24-10-8-18/h4-5,11,13,17H,1-3,6-10H2,(H,20,21)/t13-/m0/s1. The molecule has 3 heterocycles. The average Bonchev–Trinajstić information content (AvgIpc) is 2.63. The second-order valence-corrected chi connectivity index (χ2v) is 7.70. The van der Waals surface area contributed by atoms with Crippen LogP contribution in [0, 0.1) is 0 Å². The summed E-state index contributed by atoms with van der Waals surface area (Å²) < 4.78 is 33.9. The van der Waals surface area contributed by atoms with Crippen LogP contribution in [-0.4, -0.2) is 67.7 Å². The number of aliphatic carboxylic acids is 1. The second kappa shape index (κ2) is 7.54. The Morgan fingerprint density at radius 2 is 2.00 bits per heavy atom. The number of rotatable bonds is 5. The molecule has 0 radical (unpaired) electrons. The van der Waals surface area contributed by atoms with Crippen LogP contribution in [0.4, 0.5) is 11.5 Å². The van der Waals surface area contributed by atoms with Crippen LogP contribution in [0.5, 0.6) is 0 Å². The van der Waals surface area contributed by atoms with Crippen LogP contribution >= 0.6 is 0 Å². The molecule has 0 saturated carbocycles. The molecule has 2 aliphatic heterocycles. The van der Waals surface area contributed by atoms with E-state index in [1.165, 1.54) is 6.20 Å². The maximum atomic E-state index is 12.6. The minimum atomic E-state index is -3.94. The van der Waals surface area contributed by atoms with Gasteiger partial charge in [0.15, 0.2) is 0 Å². The van der Waals surface area contributed by atoms with Gasteiger partial charge < -0.3 is 14.7 Å². The molecule has 25 heavy (non-hydrogen) atoms. The van der Waals surface area contributed by atoms with Crippen LogP contribution in [0.2, 0.25) is 0 Å². The number of piperidine rings is 1. The Morgan fingerprint density at radius 1 is 1.24 bits per heavy atom. The summed E-state index contributed by atoms with van der Waals surface area (Å²) in [6, 6.07) is 2.36. The molecule has 9 nitrogen and oxygen atoms in total. The molecular formula is C15H22N4O5S. The molecule has 0 aromatic carbocycles. The number of hydrogen-bond acceptors (Lipinski definition) is 6. The summed E-state index contributed by atoms with van der Waals surface area (Å²) in [7, 11) is -3.94. The minimum absolute atomic E-state index is 0.200. The molecule has 138 valence electrons. The van der Waals surface area contributed by atoms with Gasteiger partial charge in [-0.3, -0.25) is 9.52 Å². The van der Waals surface area contributed by atoms with Crippen molar-refractivity contribution in [1.82, 2.24) is 9.29 Å². The zero-order chi connectivity index (χ0) is 17.9. The molecule has 2 aliphatic rings. The van der Waals surface area contributed by atoms with Gasteiger partial charge in [0.25, 0.3) is 0 Å². The summed E-state index contributed by atoms with van der Waals surface area (Å²) in [5.41, 5.74) is 0.312. The molecule has 3 rings (SSSR count). The number of pyridine rings is 1. The largest absolute Gasteiger partial charge is 0.480 e. The Bertz CT molecular complexity index is 703. The number of carboxylic acids is 1. The Hall–Kier alpha value is -1.91. The molecular weight excluding hydrogens is 348 g/mol. The van der Waals surface area contributed by atoms with Gasteiger partial charge in [0.05, 0.1) is 25.1 Å². The van der Waals surface area contributed by atoms with Crippen LogP contribution in [0.3, 0.4) is 0 Å². The monoisotopic (exact) mass is 370 g/mol. The van der Waals surface area contributed by atoms with E-state index in [1.807, 2.05) is 0 Å². The lowest BCUT2D eigenvalue weighted by Crippen LogP contribution is -2.49. The van der Waals surface area contributed by atoms with Crippen LogP contribution in [0.25, 0.3) is 0 Å². The topological polar surface area (TPSA) is 112 Å². The van der Waals surface area contributed by atoms with Crippen molar-refractivity contribution in [2.45, 2.75) is 25.3 Å². The third-order valence-corrected chi connectivity index (χ3v) is 5.93. The van der Waals surface area contributed by atoms with Crippen molar-refractivity contribution in [3.63, 3.8) is 0 Å². The maximum Gasteiger partial charge on any atom is 0.322 e. The number of carbonyl (C=O) groups is 1. The molecule has 2 fully saturated rings. The smallest absolute Gasteiger partial charge is 0.322 e. The van der Waals surface area contributed by atoms with Gasteiger partial charge in [-0.1, -0.05) is 0 Å². The Morgan fingerprint density at radius 3 is 2.64 bits per heavy atom. The highest BCUT2D eigenvalue weighted by atomic mass is 32.2. The van der Waals surface area contributed by atoms with E-state index >= 15 is 0 Å². The van der Waals surface area contributed by atoms with Gasteiger partial charge in [0.1, 0.15) is 11.9 Å². The molecule has 0 bridgehead atoms. The fraction of sp³-hybridized carbons (Fsp3) is 0.600. The van der Waals surface area contributed by atoms with Gasteiger partial charge in [-0.2, -0.15) is 12.7 Å². The first-order chi connectivity index (χ1) is 12.0. The Kier molecular flexibility index (Phi) is 5.40. The highest BCUT2D eigenvalue weighted by Gasteiger charge is 2.36. The van der Waals surface area contributed by atoms with Gasteiger partial charge in [-0.05, 0) is 31.4 Å². The number of hydrogen-bond donors (Lipinski definition) is 2. The number of carboxylic acid groups (broad SMARTS) is 1. The van der Waals surface area contributed by atoms with Crippen molar-refractivity contribution < 1.29 is 23.1 Å². The SMILES string of the molecule is O=C(O)[C@@H]1CCCCN1S(=O)(=O)Nc1ccc(N2CCOCC2)nc1. The van der Waals surface area contributed by atoms with Crippen molar-refractivity contribution in [3.8, 4) is 0 Å².